The van der Waals surface area contributed by atoms with E-state index in [0.717, 1.165) is 51.1 Å². The van der Waals surface area contributed by atoms with Crippen LogP contribution >= 0.6 is 0 Å². The van der Waals surface area contributed by atoms with Crippen molar-refractivity contribution in [1.82, 2.24) is 4.90 Å². The summed E-state index contributed by atoms with van der Waals surface area (Å²) in [6.45, 7) is 17.5. The zero-order valence-corrected chi connectivity index (χ0v) is 21.8. The maximum atomic E-state index is 11.7. The van der Waals surface area contributed by atoms with Crippen LogP contribution in [-0.2, 0) is 9.53 Å². The molecule has 4 rings (SSSR count). The van der Waals surface area contributed by atoms with Gasteiger partial charge < -0.3 is 14.7 Å². The van der Waals surface area contributed by atoms with Gasteiger partial charge in [0.1, 0.15) is 6.10 Å². The molecule has 3 aliphatic rings. The summed E-state index contributed by atoms with van der Waals surface area (Å²) in [5.74, 6) is 0.647. The predicted molar refractivity (Wildman–Crippen MR) is 137 cm³/mol. The second kappa shape index (κ2) is 10.0. The fourth-order valence-electron chi connectivity index (χ4n) is 6.26. The van der Waals surface area contributed by atoms with Crippen molar-refractivity contribution in [2.45, 2.75) is 66.1 Å². The summed E-state index contributed by atoms with van der Waals surface area (Å²) in [6.07, 6.45) is 7.02. The number of ether oxygens (including phenoxy) is 1. The second-order valence-electron chi connectivity index (χ2n) is 11.1. The Morgan fingerprint density at radius 1 is 1.18 bits per heavy atom. The monoisotopic (exact) mass is 466 g/mol. The Bertz CT molecular complexity index is 920. The first-order valence-corrected chi connectivity index (χ1v) is 13.0. The number of hydrogen-bond donors (Lipinski definition) is 1. The van der Waals surface area contributed by atoms with Crippen molar-refractivity contribution in [1.29, 1.82) is 0 Å². The van der Waals surface area contributed by atoms with Crippen LogP contribution in [0.5, 0.6) is 0 Å². The first-order valence-electron chi connectivity index (χ1n) is 13.0. The summed E-state index contributed by atoms with van der Waals surface area (Å²) in [5, 5.41) is 11.7. The molecule has 186 valence electrons. The molecule has 1 heterocycles. The molecule has 2 aliphatic carbocycles. The molecule has 1 N–H and O–H groups in total. The van der Waals surface area contributed by atoms with Crippen LogP contribution in [0.1, 0.15) is 51.7 Å². The van der Waals surface area contributed by atoms with Crippen LogP contribution < -0.4 is 4.90 Å². The van der Waals surface area contributed by atoms with Crippen molar-refractivity contribution in [2.75, 3.05) is 37.6 Å². The Hall–Kier alpha value is -1.85. The number of esters is 1. The minimum atomic E-state index is -1.04. The number of hydrogen-bond acceptors (Lipinski definition) is 5. The summed E-state index contributed by atoms with van der Waals surface area (Å²) in [7, 11) is 0. The molecule has 0 spiro atoms. The molecule has 5 nitrogen and oxygen atoms in total. The zero-order valence-electron chi connectivity index (χ0n) is 21.8. The van der Waals surface area contributed by atoms with Crippen LogP contribution in [0, 0.1) is 43.9 Å². The average molecular weight is 467 g/mol. The van der Waals surface area contributed by atoms with Crippen LogP contribution in [-0.4, -0.2) is 60.4 Å². The number of fused-ring (bicyclic) bond motifs is 1. The Morgan fingerprint density at radius 3 is 2.53 bits per heavy atom. The van der Waals surface area contributed by atoms with E-state index in [9.17, 15) is 9.90 Å². The molecule has 0 aromatic heterocycles. The van der Waals surface area contributed by atoms with E-state index in [4.69, 9.17) is 4.74 Å². The lowest BCUT2D eigenvalue weighted by Crippen LogP contribution is -2.57. The maximum absolute atomic E-state index is 11.7. The quantitative estimate of drug-likeness (QED) is 0.514. The van der Waals surface area contributed by atoms with E-state index in [1.165, 1.54) is 23.7 Å². The van der Waals surface area contributed by atoms with Crippen molar-refractivity contribution < 1.29 is 14.6 Å². The van der Waals surface area contributed by atoms with Gasteiger partial charge in [-0.15, -0.1) is 0 Å². The largest absolute Gasteiger partial charge is 0.457 e. The summed E-state index contributed by atoms with van der Waals surface area (Å²) in [4.78, 5) is 16.7. The standard InChI is InChI=1S/C29H42N2O3/c1-19-7-9-25(15-20(19)2)31-13-11-30(12-14-31)18-22(4)26-10-8-23(5)29(33)17-28(34-24(6)32)21(3)16-27(26)29/h7,9,15-16,22-23,26-28,33H,8,10-14,18H2,1-6H3/t22-,23-,26+,27-,28-,29-/m1/s1. The molecular weight excluding hydrogens is 424 g/mol. The smallest absolute Gasteiger partial charge is 0.303 e. The molecule has 6 atom stereocenters. The zero-order chi connectivity index (χ0) is 24.6. The Balaban J connectivity index is 1.40. The van der Waals surface area contributed by atoms with Crippen LogP contribution in [0.3, 0.4) is 0 Å². The summed E-state index contributed by atoms with van der Waals surface area (Å²) < 4.78 is 5.45. The highest BCUT2D eigenvalue weighted by Crippen LogP contribution is 2.50. The van der Waals surface area contributed by atoms with E-state index in [2.05, 4.69) is 68.2 Å². The van der Waals surface area contributed by atoms with Crippen LogP contribution in [0.15, 0.2) is 29.8 Å². The van der Waals surface area contributed by atoms with Crippen molar-refractivity contribution in [3.8, 4) is 0 Å². The van der Waals surface area contributed by atoms with Crippen molar-refractivity contribution >= 4 is 11.7 Å². The normalized spacial score (nSPS) is 33.1. The van der Waals surface area contributed by atoms with Crippen LogP contribution in [0.2, 0.25) is 0 Å². The lowest BCUT2D eigenvalue weighted by Gasteiger charge is -2.53. The minimum Gasteiger partial charge on any atom is -0.457 e. The topological polar surface area (TPSA) is 53.0 Å². The number of piperazine rings is 1. The molecule has 1 saturated heterocycles. The van der Waals surface area contributed by atoms with E-state index < -0.39 is 11.7 Å². The molecule has 2 radical (unpaired) electrons. The molecule has 1 saturated carbocycles. The van der Waals surface area contributed by atoms with E-state index in [1.54, 1.807) is 0 Å². The van der Waals surface area contributed by atoms with Gasteiger partial charge >= 0.3 is 5.97 Å². The number of benzene rings is 1. The highest BCUT2D eigenvalue weighted by atomic mass is 16.5. The number of anilines is 1. The molecule has 0 bridgehead atoms. The maximum Gasteiger partial charge on any atom is 0.303 e. The van der Waals surface area contributed by atoms with Crippen LogP contribution in [0.4, 0.5) is 5.69 Å². The van der Waals surface area contributed by atoms with Crippen molar-refractivity contribution in [2.24, 2.45) is 23.7 Å². The van der Waals surface area contributed by atoms with Gasteiger partial charge in [-0.2, -0.15) is 0 Å². The lowest BCUT2D eigenvalue weighted by molar-refractivity contribution is -0.148. The fraction of sp³-hybridized carbons (Fsp3) is 0.655. The fourth-order valence-corrected chi connectivity index (χ4v) is 6.26. The van der Waals surface area contributed by atoms with E-state index in [0.29, 0.717) is 11.8 Å². The number of carbonyl (C=O) groups excluding carboxylic acids is 1. The van der Waals surface area contributed by atoms with E-state index >= 15 is 0 Å². The highest BCUT2D eigenvalue weighted by molar-refractivity contribution is 5.66. The van der Waals surface area contributed by atoms with Crippen molar-refractivity contribution in [3.05, 3.63) is 47.4 Å². The minimum absolute atomic E-state index is 0.0230. The van der Waals surface area contributed by atoms with Gasteiger partial charge in [-0.25, -0.2) is 0 Å². The van der Waals surface area contributed by atoms with E-state index in [1.807, 2.05) is 6.92 Å². The molecule has 0 unspecified atom stereocenters. The molecule has 0 amide bonds. The number of aryl methyl sites for hydroxylation is 2. The predicted octanol–water partition coefficient (Wildman–Crippen LogP) is 4.43. The third-order valence-corrected chi connectivity index (χ3v) is 8.66. The molecule has 34 heavy (non-hydrogen) atoms. The number of rotatable bonds is 5. The molecule has 1 aromatic carbocycles. The number of carbonyl (C=O) groups is 1. The van der Waals surface area contributed by atoms with E-state index in [-0.39, 0.29) is 17.8 Å². The van der Waals surface area contributed by atoms with Gasteiger partial charge in [-0.1, -0.05) is 26.0 Å². The number of aliphatic hydroxyl groups is 1. The molecule has 1 aromatic rings. The summed E-state index contributed by atoms with van der Waals surface area (Å²) >= 11 is 0. The Morgan fingerprint density at radius 2 is 1.88 bits per heavy atom. The summed E-state index contributed by atoms with van der Waals surface area (Å²) in [6, 6.07) is 6.79. The first kappa shape index (κ1) is 25.2. The Kier molecular flexibility index (Phi) is 7.44. The van der Waals surface area contributed by atoms with Gasteiger partial charge in [0.15, 0.2) is 0 Å². The molecule has 1 aliphatic heterocycles. The van der Waals surface area contributed by atoms with Crippen LogP contribution in [0.25, 0.3) is 0 Å². The second-order valence-corrected chi connectivity index (χ2v) is 11.1. The molecule has 5 heteroatoms. The van der Waals surface area contributed by atoms with Gasteiger partial charge in [0, 0.05) is 51.3 Å². The highest BCUT2D eigenvalue weighted by Gasteiger charge is 2.53. The molecule has 2 fully saturated rings. The summed E-state index contributed by atoms with van der Waals surface area (Å²) in [5.41, 5.74) is 3.97. The van der Waals surface area contributed by atoms with Gasteiger partial charge in [-0.05, 0) is 80.2 Å². The van der Waals surface area contributed by atoms with Gasteiger partial charge in [-0.3, -0.25) is 9.69 Å². The lowest BCUT2D eigenvalue weighted by atomic mass is 9.57. The molecular formula is C29H42N2O3. The SMILES string of the molecule is CC(=O)O[C@@H]1[C][C@@]2(O)[C@H](C)CC[C@@H]([C@H](C)CN3CCN(c4ccc(C)c(C)c4)CC3)[C@H]2C=C1C. The number of nitrogens with zero attached hydrogens (tertiary/aromatic N) is 2. The third kappa shape index (κ3) is 5.06. The Labute approximate surface area is 206 Å². The van der Waals surface area contributed by atoms with Gasteiger partial charge in [0.25, 0.3) is 0 Å². The van der Waals surface area contributed by atoms with Gasteiger partial charge in [0.2, 0.25) is 0 Å². The van der Waals surface area contributed by atoms with Gasteiger partial charge in [0.05, 0.1) is 12.0 Å². The first-order chi connectivity index (χ1) is 16.1. The van der Waals surface area contributed by atoms with Crippen molar-refractivity contribution in [3.63, 3.8) is 0 Å². The third-order valence-electron chi connectivity index (χ3n) is 8.66. The average Bonchev–Trinajstić information content (AvgIpc) is 2.78.